The molecule has 0 spiro atoms. The van der Waals surface area contributed by atoms with Gasteiger partial charge in [-0.1, -0.05) is 49.6 Å². The molecule has 28 heavy (non-hydrogen) atoms. The van der Waals surface area contributed by atoms with Crippen molar-refractivity contribution < 1.29 is 23.8 Å². The quantitative estimate of drug-likeness (QED) is 0.638. The van der Waals surface area contributed by atoms with Gasteiger partial charge in [-0.25, -0.2) is 4.98 Å². The average Bonchev–Trinajstić information content (AvgIpc) is 3.24. The van der Waals surface area contributed by atoms with E-state index in [9.17, 15) is 14.7 Å². The molecule has 0 bridgehead atoms. The number of carbonyl (C=O) groups excluding carboxylic acids is 1. The maximum Gasteiger partial charge on any atom is 0.304 e. The zero-order valence-corrected chi connectivity index (χ0v) is 15.8. The highest BCUT2D eigenvalue weighted by atomic mass is 16.5. The smallest absolute Gasteiger partial charge is 0.304 e. The fourth-order valence-corrected chi connectivity index (χ4v) is 3.76. The second-order valence-corrected chi connectivity index (χ2v) is 7.19. The molecule has 0 aliphatic heterocycles. The van der Waals surface area contributed by atoms with Gasteiger partial charge in [-0.3, -0.25) is 9.59 Å². The second kappa shape index (κ2) is 10.0. The molecule has 7 nitrogen and oxygen atoms in total. The first-order valence-electron chi connectivity index (χ1n) is 9.69. The highest BCUT2D eigenvalue weighted by molar-refractivity contribution is 5.83. The largest absolute Gasteiger partial charge is 0.481 e. The number of carbonyl (C=O) groups is 2. The van der Waals surface area contributed by atoms with Crippen molar-refractivity contribution >= 4 is 11.9 Å². The van der Waals surface area contributed by atoms with E-state index < -0.39 is 18.1 Å². The van der Waals surface area contributed by atoms with E-state index >= 15 is 0 Å². The fourth-order valence-electron chi connectivity index (χ4n) is 3.76. The summed E-state index contributed by atoms with van der Waals surface area (Å²) in [6, 6.07) is 9.34. The van der Waals surface area contributed by atoms with Crippen LogP contribution in [0.25, 0.3) is 0 Å². The Morgan fingerprint density at radius 3 is 2.61 bits per heavy atom. The molecule has 0 radical (unpaired) electrons. The second-order valence-electron chi connectivity index (χ2n) is 7.19. The van der Waals surface area contributed by atoms with Gasteiger partial charge in [0.15, 0.2) is 12.6 Å². The fraction of sp³-hybridized carbons (Fsp3) is 0.476. The van der Waals surface area contributed by atoms with Gasteiger partial charge in [-0.2, -0.15) is 0 Å². The van der Waals surface area contributed by atoms with Gasteiger partial charge in [0.1, 0.15) is 12.0 Å². The molecular formula is C21H26N2O5. The molecule has 1 aliphatic rings. The summed E-state index contributed by atoms with van der Waals surface area (Å²) in [4.78, 5) is 28.4. The molecule has 2 N–H and O–H groups in total. The Morgan fingerprint density at radius 1 is 1.21 bits per heavy atom. The SMILES string of the molecule is O=C(O)CC(C(=O)NC(OCc1cocn1)c1ccccc1)C1CCCCC1. The summed E-state index contributed by atoms with van der Waals surface area (Å²) < 4.78 is 10.8. The van der Waals surface area contributed by atoms with Gasteiger partial charge in [0.05, 0.1) is 18.9 Å². The average molecular weight is 386 g/mol. The Bertz CT molecular complexity index is 741. The third kappa shape index (κ3) is 5.66. The molecule has 1 saturated carbocycles. The van der Waals surface area contributed by atoms with E-state index in [-0.39, 0.29) is 24.9 Å². The number of carboxylic acids is 1. The minimum atomic E-state index is -0.953. The van der Waals surface area contributed by atoms with Crippen molar-refractivity contribution in [3.05, 3.63) is 54.2 Å². The van der Waals surface area contributed by atoms with E-state index in [1.54, 1.807) is 0 Å². The van der Waals surface area contributed by atoms with Crippen LogP contribution in [0.2, 0.25) is 0 Å². The van der Waals surface area contributed by atoms with Crippen LogP contribution in [-0.4, -0.2) is 22.0 Å². The number of amides is 1. The van der Waals surface area contributed by atoms with Crippen LogP contribution < -0.4 is 5.32 Å². The van der Waals surface area contributed by atoms with Crippen LogP contribution in [0.1, 0.15) is 56.0 Å². The molecule has 1 amide bonds. The van der Waals surface area contributed by atoms with E-state index in [1.165, 1.54) is 12.7 Å². The van der Waals surface area contributed by atoms with E-state index in [1.807, 2.05) is 30.3 Å². The molecular weight excluding hydrogens is 360 g/mol. The Hall–Kier alpha value is -2.67. The zero-order chi connectivity index (χ0) is 19.8. The topological polar surface area (TPSA) is 102 Å². The number of nitrogens with one attached hydrogen (secondary N) is 1. The maximum absolute atomic E-state index is 13.0. The lowest BCUT2D eigenvalue weighted by molar-refractivity contribution is -0.144. The minimum absolute atomic E-state index is 0.0943. The molecule has 0 saturated heterocycles. The Kier molecular flexibility index (Phi) is 7.19. The number of carboxylic acid groups (broad SMARTS) is 1. The predicted molar refractivity (Wildman–Crippen MR) is 101 cm³/mol. The van der Waals surface area contributed by atoms with Crippen molar-refractivity contribution in [1.29, 1.82) is 0 Å². The lowest BCUT2D eigenvalue weighted by atomic mass is 9.78. The van der Waals surface area contributed by atoms with Crippen LogP contribution in [-0.2, 0) is 20.9 Å². The number of benzene rings is 1. The Balaban J connectivity index is 1.72. The first kappa shape index (κ1) is 20.1. The monoisotopic (exact) mass is 386 g/mol. The van der Waals surface area contributed by atoms with Crippen molar-refractivity contribution in [3.63, 3.8) is 0 Å². The van der Waals surface area contributed by atoms with E-state index in [4.69, 9.17) is 9.15 Å². The minimum Gasteiger partial charge on any atom is -0.481 e. The van der Waals surface area contributed by atoms with Gasteiger partial charge < -0.3 is 19.6 Å². The van der Waals surface area contributed by atoms with Crippen molar-refractivity contribution in [2.24, 2.45) is 11.8 Å². The number of oxazole rings is 1. The Morgan fingerprint density at radius 2 is 1.96 bits per heavy atom. The molecule has 2 aromatic rings. The van der Waals surface area contributed by atoms with Crippen molar-refractivity contribution in [2.45, 2.75) is 51.4 Å². The molecule has 1 aromatic heterocycles. The highest BCUT2D eigenvalue weighted by Crippen LogP contribution is 2.32. The normalized spacial score (nSPS) is 17.0. The molecule has 2 atom stereocenters. The standard InChI is InChI=1S/C21H26N2O5/c24-19(25)11-18(15-7-3-1-4-8-15)20(26)23-21(16-9-5-2-6-10-16)28-13-17-12-27-14-22-17/h2,5-6,9-10,12,14-15,18,21H,1,3-4,7-8,11,13H2,(H,23,26)(H,24,25). The van der Waals surface area contributed by atoms with Crippen LogP contribution >= 0.6 is 0 Å². The molecule has 1 fully saturated rings. The van der Waals surface area contributed by atoms with Crippen LogP contribution in [0, 0.1) is 11.8 Å². The summed E-state index contributed by atoms with van der Waals surface area (Å²) in [6.45, 7) is 0.170. The molecule has 3 rings (SSSR count). The lowest BCUT2D eigenvalue weighted by Gasteiger charge is -2.30. The van der Waals surface area contributed by atoms with E-state index in [2.05, 4.69) is 10.3 Å². The first-order chi connectivity index (χ1) is 13.6. The number of rotatable bonds is 9. The molecule has 150 valence electrons. The third-order valence-corrected chi connectivity index (χ3v) is 5.21. The van der Waals surface area contributed by atoms with E-state index in [0.29, 0.717) is 5.69 Å². The van der Waals surface area contributed by atoms with Gasteiger partial charge in [0.2, 0.25) is 5.91 Å². The number of aliphatic carboxylic acids is 1. The number of hydrogen-bond acceptors (Lipinski definition) is 5. The van der Waals surface area contributed by atoms with Gasteiger partial charge >= 0.3 is 5.97 Å². The van der Waals surface area contributed by atoms with Gasteiger partial charge in [0.25, 0.3) is 0 Å². The van der Waals surface area contributed by atoms with Crippen LogP contribution in [0.4, 0.5) is 0 Å². The number of nitrogens with zero attached hydrogens (tertiary/aromatic N) is 1. The number of aromatic nitrogens is 1. The summed E-state index contributed by atoms with van der Waals surface area (Å²) >= 11 is 0. The zero-order valence-electron chi connectivity index (χ0n) is 15.8. The molecule has 1 heterocycles. The molecule has 1 aliphatic carbocycles. The number of hydrogen-bond donors (Lipinski definition) is 2. The van der Waals surface area contributed by atoms with E-state index in [0.717, 1.165) is 37.7 Å². The molecule has 2 unspecified atom stereocenters. The van der Waals surface area contributed by atoms with Crippen molar-refractivity contribution in [3.8, 4) is 0 Å². The summed E-state index contributed by atoms with van der Waals surface area (Å²) in [5.74, 6) is -1.69. The summed E-state index contributed by atoms with van der Waals surface area (Å²) in [5.41, 5.74) is 1.40. The Labute approximate surface area is 164 Å². The van der Waals surface area contributed by atoms with Crippen molar-refractivity contribution in [1.82, 2.24) is 10.3 Å². The van der Waals surface area contributed by atoms with Crippen LogP contribution in [0.5, 0.6) is 0 Å². The summed E-state index contributed by atoms with van der Waals surface area (Å²) in [5, 5.41) is 12.2. The maximum atomic E-state index is 13.0. The molecule has 7 heteroatoms. The molecule has 1 aromatic carbocycles. The number of ether oxygens (including phenoxy) is 1. The van der Waals surface area contributed by atoms with Crippen LogP contribution in [0.3, 0.4) is 0 Å². The summed E-state index contributed by atoms with van der Waals surface area (Å²) in [6.07, 6.45) is 6.96. The van der Waals surface area contributed by atoms with Crippen LogP contribution in [0.15, 0.2) is 47.4 Å². The van der Waals surface area contributed by atoms with Gasteiger partial charge in [0, 0.05) is 5.56 Å². The lowest BCUT2D eigenvalue weighted by Crippen LogP contribution is -2.40. The predicted octanol–water partition coefficient (Wildman–Crippen LogP) is 3.68. The van der Waals surface area contributed by atoms with Gasteiger partial charge in [-0.15, -0.1) is 0 Å². The van der Waals surface area contributed by atoms with Gasteiger partial charge in [-0.05, 0) is 18.8 Å². The third-order valence-electron chi connectivity index (χ3n) is 5.21. The van der Waals surface area contributed by atoms with Crippen molar-refractivity contribution in [2.75, 3.05) is 0 Å². The first-order valence-corrected chi connectivity index (χ1v) is 9.69. The highest BCUT2D eigenvalue weighted by Gasteiger charge is 2.33. The summed E-state index contributed by atoms with van der Waals surface area (Å²) in [7, 11) is 0.